The van der Waals surface area contributed by atoms with Crippen LogP contribution in [0.4, 0.5) is 10.1 Å². The summed E-state index contributed by atoms with van der Waals surface area (Å²) in [5.74, 6) is -0.249. The highest BCUT2D eigenvalue weighted by Crippen LogP contribution is 2.20. The summed E-state index contributed by atoms with van der Waals surface area (Å²) in [5.41, 5.74) is 5.45. The van der Waals surface area contributed by atoms with E-state index in [0.717, 1.165) is 22.6 Å². The minimum atomic E-state index is -0.249. The van der Waals surface area contributed by atoms with E-state index in [9.17, 15) is 4.39 Å². The van der Waals surface area contributed by atoms with E-state index in [1.807, 2.05) is 60.0 Å². The van der Waals surface area contributed by atoms with Crippen LogP contribution >= 0.6 is 12.2 Å². The maximum atomic E-state index is 13.7. The lowest BCUT2D eigenvalue weighted by molar-refractivity contribution is 0.505. The number of hydrogen-bond acceptors (Lipinski definition) is 2. The van der Waals surface area contributed by atoms with Crippen LogP contribution in [0.5, 0.6) is 0 Å². The Bertz CT molecular complexity index is 966. The van der Waals surface area contributed by atoms with Crippen molar-refractivity contribution in [1.29, 1.82) is 0 Å². The zero-order valence-corrected chi connectivity index (χ0v) is 16.8. The van der Waals surface area contributed by atoms with Gasteiger partial charge in [0.15, 0.2) is 5.11 Å². The number of anilines is 1. The Balaban J connectivity index is 1.75. The Morgan fingerprint density at radius 1 is 1.15 bits per heavy atom. The van der Waals surface area contributed by atoms with Gasteiger partial charge >= 0.3 is 0 Å². The summed E-state index contributed by atoms with van der Waals surface area (Å²) in [6.07, 6.45) is 0. The van der Waals surface area contributed by atoms with Gasteiger partial charge in [0.05, 0.1) is 11.4 Å². The molecule has 3 aromatic rings. The predicted octanol–water partition coefficient (Wildman–Crippen LogP) is 4.77. The molecule has 0 amide bonds. The Kier molecular flexibility index (Phi) is 5.56. The van der Waals surface area contributed by atoms with Gasteiger partial charge in [0.25, 0.3) is 0 Å². The minimum absolute atomic E-state index is 0.249. The van der Waals surface area contributed by atoms with Crippen LogP contribution in [0.1, 0.15) is 22.5 Å². The highest BCUT2D eigenvalue weighted by Gasteiger charge is 2.16. The van der Waals surface area contributed by atoms with Crippen molar-refractivity contribution in [3.63, 3.8) is 0 Å². The standard InChI is InChI=1S/C21H23FN4S/c1-14-10-11-17(12-20(14)22)23-21(27)25(4)13-19-15(2)24-26(16(19)3)18-8-6-5-7-9-18/h5-12H,13H2,1-4H3,(H,23,27). The third-order valence-corrected chi connectivity index (χ3v) is 5.02. The second-order valence-electron chi connectivity index (χ2n) is 6.65. The number of rotatable bonds is 4. The number of para-hydroxylation sites is 1. The highest BCUT2D eigenvalue weighted by atomic mass is 32.1. The van der Waals surface area contributed by atoms with Crippen molar-refractivity contribution in [2.75, 3.05) is 12.4 Å². The number of hydrogen-bond donors (Lipinski definition) is 1. The van der Waals surface area contributed by atoms with Crippen LogP contribution in [0.25, 0.3) is 5.69 Å². The monoisotopic (exact) mass is 382 g/mol. The van der Waals surface area contributed by atoms with Crippen molar-refractivity contribution in [3.05, 3.63) is 76.9 Å². The van der Waals surface area contributed by atoms with Crippen LogP contribution < -0.4 is 5.32 Å². The molecule has 27 heavy (non-hydrogen) atoms. The van der Waals surface area contributed by atoms with Crippen LogP contribution in [0.2, 0.25) is 0 Å². The molecule has 3 rings (SSSR count). The molecule has 4 nitrogen and oxygen atoms in total. The largest absolute Gasteiger partial charge is 0.348 e. The lowest BCUT2D eigenvalue weighted by Gasteiger charge is -2.21. The maximum absolute atomic E-state index is 13.7. The maximum Gasteiger partial charge on any atom is 0.173 e. The molecule has 0 bridgehead atoms. The van der Waals surface area contributed by atoms with Gasteiger partial charge in [-0.1, -0.05) is 24.3 Å². The Hall–Kier alpha value is -2.73. The Labute approximate surface area is 164 Å². The summed E-state index contributed by atoms with van der Waals surface area (Å²) in [6.45, 7) is 6.41. The summed E-state index contributed by atoms with van der Waals surface area (Å²) >= 11 is 5.49. The third kappa shape index (κ3) is 4.17. The zero-order valence-electron chi connectivity index (χ0n) is 16.0. The van der Waals surface area contributed by atoms with Gasteiger partial charge in [-0.15, -0.1) is 0 Å². The fourth-order valence-electron chi connectivity index (χ4n) is 2.92. The van der Waals surface area contributed by atoms with Crippen LogP contribution in [-0.4, -0.2) is 26.8 Å². The molecule has 140 valence electrons. The highest BCUT2D eigenvalue weighted by molar-refractivity contribution is 7.80. The number of aryl methyl sites for hydroxylation is 2. The van der Waals surface area contributed by atoms with Crippen molar-refractivity contribution in [1.82, 2.24) is 14.7 Å². The molecule has 0 aliphatic rings. The van der Waals surface area contributed by atoms with Gasteiger partial charge < -0.3 is 10.2 Å². The second-order valence-corrected chi connectivity index (χ2v) is 7.03. The molecule has 1 heterocycles. The fraction of sp³-hybridized carbons (Fsp3) is 0.238. The summed E-state index contributed by atoms with van der Waals surface area (Å²) in [5, 5.41) is 8.30. The molecule has 0 saturated heterocycles. The first kappa shape index (κ1) is 19.0. The van der Waals surface area contributed by atoms with E-state index in [2.05, 4.69) is 17.3 Å². The molecule has 0 aliphatic carbocycles. The van der Waals surface area contributed by atoms with E-state index in [1.165, 1.54) is 6.07 Å². The number of nitrogens with zero attached hydrogens (tertiary/aromatic N) is 3. The molecule has 0 fully saturated rings. The number of nitrogens with one attached hydrogen (secondary N) is 1. The average Bonchev–Trinajstić information content (AvgIpc) is 2.93. The summed E-state index contributed by atoms with van der Waals surface area (Å²) in [7, 11) is 1.92. The van der Waals surface area contributed by atoms with Gasteiger partial charge in [-0.25, -0.2) is 9.07 Å². The lowest BCUT2D eigenvalue weighted by atomic mass is 10.2. The van der Waals surface area contributed by atoms with Crippen molar-refractivity contribution < 1.29 is 4.39 Å². The van der Waals surface area contributed by atoms with Gasteiger partial charge in [0.2, 0.25) is 0 Å². The van der Waals surface area contributed by atoms with E-state index in [1.54, 1.807) is 13.0 Å². The molecule has 0 atom stereocenters. The molecule has 0 unspecified atom stereocenters. The number of benzene rings is 2. The molecular formula is C21H23FN4S. The van der Waals surface area contributed by atoms with Crippen molar-refractivity contribution in [2.45, 2.75) is 27.3 Å². The molecule has 6 heteroatoms. The smallest absolute Gasteiger partial charge is 0.173 e. The predicted molar refractivity (Wildman–Crippen MR) is 112 cm³/mol. The van der Waals surface area contributed by atoms with Crippen LogP contribution in [0.15, 0.2) is 48.5 Å². The van der Waals surface area contributed by atoms with Crippen molar-refractivity contribution >= 4 is 23.0 Å². The normalized spacial score (nSPS) is 10.7. The molecule has 0 radical (unpaired) electrons. The number of aromatic nitrogens is 2. The van der Waals surface area contributed by atoms with E-state index < -0.39 is 0 Å². The minimum Gasteiger partial charge on any atom is -0.348 e. The molecule has 0 saturated carbocycles. The van der Waals surface area contributed by atoms with Crippen molar-refractivity contribution in [2.24, 2.45) is 0 Å². The third-order valence-electron chi connectivity index (χ3n) is 4.61. The molecule has 1 aromatic heterocycles. The molecule has 2 aromatic carbocycles. The van der Waals surface area contributed by atoms with E-state index in [4.69, 9.17) is 12.2 Å². The van der Waals surface area contributed by atoms with Gasteiger partial charge in [0.1, 0.15) is 5.82 Å². The first-order valence-corrected chi connectivity index (χ1v) is 9.16. The molecular weight excluding hydrogens is 359 g/mol. The summed E-state index contributed by atoms with van der Waals surface area (Å²) in [6, 6.07) is 15.1. The molecule has 0 spiro atoms. The van der Waals surface area contributed by atoms with Gasteiger partial charge in [-0.05, 0) is 62.8 Å². The van der Waals surface area contributed by atoms with E-state index >= 15 is 0 Å². The Morgan fingerprint density at radius 3 is 2.52 bits per heavy atom. The van der Waals surface area contributed by atoms with Crippen LogP contribution in [-0.2, 0) is 6.54 Å². The lowest BCUT2D eigenvalue weighted by Crippen LogP contribution is -2.31. The first-order valence-electron chi connectivity index (χ1n) is 8.75. The van der Waals surface area contributed by atoms with Gasteiger partial charge in [-0.2, -0.15) is 5.10 Å². The topological polar surface area (TPSA) is 33.1 Å². The van der Waals surface area contributed by atoms with Crippen molar-refractivity contribution in [3.8, 4) is 5.69 Å². The van der Waals surface area contributed by atoms with E-state index in [0.29, 0.717) is 22.9 Å². The Morgan fingerprint density at radius 2 is 1.85 bits per heavy atom. The van der Waals surface area contributed by atoms with Crippen LogP contribution in [0, 0.1) is 26.6 Å². The van der Waals surface area contributed by atoms with Gasteiger partial charge in [0, 0.05) is 30.5 Å². The molecule has 1 N–H and O–H groups in total. The first-order chi connectivity index (χ1) is 12.9. The van der Waals surface area contributed by atoms with Gasteiger partial charge in [-0.3, -0.25) is 0 Å². The number of thiocarbonyl (C=S) groups is 1. The average molecular weight is 383 g/mol. The summed E-state index contributed by atoms with van der Waals surface area (Å²) < 4.78 is 15.7. The SMILES string of the molecule is Cc1ccc(NC(=S)N(C)Cc2c(C)nn(-c3ccccc3)c2C)cc1F. The zero-order chi connectivity index (χ0) is 19.6. The quantitative estimate of drug-likeness (QED) is 0.659. The second kappa shape index (κ2) is 7.88. The summed E-state index contributed by atoms with van der Waals surface area (Å²) in [4.78, 5) is 1.93. The molecule has 0 aliphatic heterocycles. The van der Waals surface area contributed by atoms with E-state index in [-0.39, 0.29) is 5.82 Å². The number of halogens is 1. The fourth-order valence-corrected chi connectivity index (χ4v) is 3.11. The van der Waals surface area contributed by atoms with Crippen LogP contribution in [0.3, 0.4) is 0 Å².